The van der Waals surface area contributed by atoms with Crippen molar-refractivity contribution in [2.75, 3.05) is 0 Å². The van der Waals surface area contributed by atoms with Crippen LogP contribution in [0.1, 0.15) is 0 Å². The van der Waals surface area contributed by atoms with Gasteiger partial charge in [-0.05, 0) is 28.7 Å². The topological polar surface area (TPSA) is 53.4 Å². The Labute approximate surface area is 123 Å². The summed E-state index contributed by atoms with van der Waals surface area (Å²) in [6, 6.07) is 21.1. The number of rotatable bonds is 3. The summed E-state index contributed by atoms with van der Waals surface area (Å²) in [4.78, 5) is 4.32. The number of aromatic nitrogens is 1. The van der Waals surface area contributed by atoms with Gasteiger partial charge in [0, 0.05) is 11.8 Å². The zero-order valence-corrected chi connectivity index (χ0v) is 11.3. The molecule has 0 aliphatic carbocycles. The van der Waals surface area contributed by atoms with Crippen LogP contribution in [0, 0.1) is 0 Å². The summed E-state index contributed by atoms with van der Waals surface area (Å²) in [5, 5.41) is 18.5. The molecule has 0 radical (unpaired) electrons. The molecule has 0 saturated carbocycles. The van der Waals surface area contributed by atoms with Gasteiger partial charge in [0.1, 0.15) is 0 Å². The molecule has 2 aromatic carbocycles. The second kappa shape index (κ2) is 5.91. The van der Waals surface area contributed by atoms with Gasteiger partial charge in [-0.25, -0.2) is 0 Å². The van der Waals surface area contributed by atoms with Crippen molar-refractivity contribution in [3.63, 3.8) is 0 Å². The molecule has 3 nitrogen and oxygen atoms in total. The number of hydrogen-bond acceptors (Lipinski definition) is 3. The van der Waals surface area contributed by atoms with Crippen molar-refractivity contribution in [1.29, 1.82) is 0 Å². The van der Waals surface area contributed by atoms with E-state index in [-0.39, 0.29) is 0 Å². The fraction of sp³-hybridized carbons (Fsp3) is 0. The molecule has 1 aromatic heterocycles. The largest absolute Gasteiger partial charge is 0.488 e. The number of hydrogen-bond donors (Lipinski definition) is 2. The van der Waals surface area contributed by atoms with Crippen LogP contribution in [0.3, 0.4) is 0 Å². The van der Waals surface area contributed by atoms with Gasteiger partial charge < -0.3 is 10.0 Å². The van der Waals surface area contributed by atoms with E-state index in [2.05, 4.69) is 4.98 Å². The summed E-state index contributed by atoms with van der Waals surface area (Å²) in [7, 11) is -1.45. The zero-order valence-electron chi connectivity index (χ0n) is 11.3. The fourth-order valence-corrected chi connectivity index (χ4v) is 2.25. The Bertz CT molecular complexity index is 727. The Morgan fingerprint density at radius 1 is 0.714 bits per heavy atom. The molecule has 0 atom stereocenters. The van der Waals surface area contributed by atoms with Crippen LogP contribution in [-0.2, 0) is 0 Å². The summed E-state index contributed by atoms with van der Waals surface area (Å²) in [6.07, 6.45) is 1.77. The van der Waals surface area contributed by atoms with E-state index in [0.717, 1.165) is 22.4 Å². The summed E-state index contributed by atoms with van der Waals surface area (Å²) < 4.78 is 0. The van der Waals surface area contributed by atoms with Crippen molar-refractivity contribution in [1.82, 2.24) is 4.98 Å². The lowest BCUT2D eigenvalue weighted by Gasteiger charge is -2.06. The van der Waals surface area contributed by atoms with Crippen LogP contribution in [0.5, 0.6) is 0 Å². The van der Waals surface area contributed by atoms with E-state index < -0.39 is 7.12 Å². The molecule has 2 N–H and O–H groups in total. The molecule has 102 valence electrons. The Hall–Kier alpha value is -2.43. The Morgan fingerprint density at radius 3 is 2.14 bits per heavy atom. The highest BCUT2D eigenvalue weighted by Gasteiger charge is 2.11. The summed E-state index contributed by atoms with van der Waals surface area (Å²) >= 11 is 0. The van der Waals surface area contributed by atoms with Crippen LogP contribution in [0.2, 0.25) is 0 Å². The third-order valence-corrected chi connectivity index (χ3v) is 3.36. The molecule has 3 aromatic rings. The van der Waals surface area contributed by atoms with E-state index in [1.165, 1.54) is 0 Å². The number of nitrogens with zero attached hydrogens (tertiary/aromatic N) is 1. The molecule has 0 aliphatic rings. The molecule has 0 fully saturated rings. The first-order valence-electron chi connectivity index (χ1n) is 6.72. The minimum atomic E-state index is -1.45. The smallest absolute Gasteiger partial charge is 0.423 e. The van der Waals surface area contributed by atoms with Gasteiger partial charge in [-0.2, -0.15) is 0 Å². The van der Waals surface area contributed by atoms with Gasteiger partial charge in [0.05, 0.1) is 5.69 Å². The molecule has 21 heavy (non-hydrogen) atoms. The highest BCUT2D eigenvalue weighted by atomic mass is 16.4. The summed E-state index contributed by atoms with van der Waals surface area (Å²) in [5.74, 6) is 0. The van der Waals surface area contributed by atoms with Gasteiger partial charge in [0.15, 0.2) is 0 Å². The van der Waals surface area contributed by atoms with Crippen LogP contribution in [-0.4, -0.2) is 22.2 Å². The second-order valence-corrected chi connectivity index (χ2v) is 4.79. The average molecular weight is 275 g/mol. The lowest BCUT2D eigenvalue weighted by atomic mass is 9.79. The lowest BCUT2D eigenvalue weighted by molar-refractivity contribution is 0.426. The van der Waals surface area contributed by atoms with Gasteiger partial charge in [0.2, 0.25) is 0 Å². The highest BCUT2D eigenvalue weighted by molar-refractivity contribution is 6.58. The first kappa shape index (κ1) is 13.6. The van der Waals surface area contributed by atoms with Crippen molar-refractivity contribution < 1.29 is 10.0 Å². The number of benzene rings is 2. The minimum absolute atomic E-state index is 0.487. The fourth-order valence-electron chi connectivity index (χ4n) is 2.25. The van der Waals surface area contributed by atoms with E-state index >= 15 is 0 Å². The maximum atomic E-state index is 9.24. The molecular weight excluding hydrogens is 261 g/mol. The summed E-state index contributed by atoms with van der Waals surface area (Å²) in [6.45, 7) is 0. The quantitative estimate of drug-likeness (QED) is 0.720. The van der Waals surface area contributed by atoms with Gasteiger partial charge in [-0.1, -0.05) is 54.6 Å². The molecule has 0 amide bonds. The molecule has 0 unspecified atom stereocenters. The molecule has 0 bridgehead atoms. The van der Waals surface area contributed by atoms with Gasteiger partial charge in [-0.3, -0.25) is 4.98 Å². The minimum Gasteiger partial charge on any atom is -0.423 e. The van der Waals surface area contributed by atoms with Crippen molar-refractivity contribution in [2.24, 2.45) is 0 Å². The monoisotopic (exact) mass is 275 g/mol. The third kappa shape index (κ3) is 3.02. The van der Waals surface area contributed by atoms with E-state index in [4.69, 9.17) is 0 Å². The van der Waals surface area contributed by atoms with Crippen molar-refractivity contribution in [2.45, 2.75) is 0 Å². The molecular formula is C17H14BNO2. The zero-order chi connectivity index (χ0) is 14.7. The first-order chi connectivity index (χ1) is 10.2. The number of pyridine rings is 1. The van der Waals surface area contributed by atoms with Crippen LogP contribution in [0.25, 0.3) is 22.4 Å². The third-order valence-electron chi connectivity index (χ3n) is 3.36. The van der Waals surface area contributed by atoms with Gasteiger partial charge in [-0.15, -0.1) is 0 Å². The van der Waals surface area contributed by atoms with E-state index in [1.54, 1.807) is 18.3 Å². The lowest BCUT2D eigenvalue weighted by Crippen LogP contribution is -2.29. The Balaban J connectivity index is 1.93. The second-order valence-electron chi connectivity index (χ2n) is 4.79. The standard InChI is InChI=1S/C17H14BNO2/c20-18(21)16-5-3-4-15(12-16)13-7-9-14(10-8-13)17-6-1-2-11-19-17/h1-12,20-21H. The Morgan fingerprint density at radius 2 is 1.48 bits per heavy atom. The molecule has 4 heteroatoms. The Kier molecular flexibility index (Phi) is 3.82. The predicted octanol–water partition coefficient (Wildman–Crippen LogP) is 2.10. The van der Waals surface area contributed by atoms with E-state index in [1.807, 2.05) is 54.6 Å². The molecule has 1 heterocycles. The van der Waals surface area contributed by atoms with Crippen LogP contribution in [0.4, 0.5) is 0 Å². The van der Waals surface area contributed by atoms with Crippen LogP contribution in [0.15, 0.2) is 72.9 Å². The van der Waals surface area contributed by atoms with E-state index in [0.29, 0.717) is 5.46 Å². The normalized spacial score (nSPS) is 10.4. The SMILES string of the molecule is OB(O)c1cccc(-c2ccc(-c3ccccn3)cc2)c1. The van der Waals surface area contributed by atoms with Crippen LogP contribution >= 0.6 is 0 Å². The maximum absolute atomic E-state index is 9.24. The summed E-state index contributed by atoms with van der Waals surface area (Å²) in [5.41, 5.74) is 4.45. The maximum Gasteiger partial charge on any atom is 0.488 e. The van der Waals surface area contributed by atoms with Gasteiger partial charge >= 0.3 is 7.12 Å². The average Bonchev–Trinajstić information content (AvgIpc) is 2.56. The van der Waals surface area contributed by atoms with Crippen molar-refractivity contribution >= 4 is 12.6 Å². The van der Waals surface area contributed by atoms with Gasteiger partial charge in [0.25, 0.3) is 0 Å². The van der Waals surface area contributed by atoms with Crippen molar-refractivity contribution in [3.05, 3.63) is 72.9 Å². The van der Waals surface area contributed by atoms with Crippen molar-refractivity contribution in [3.8, 4) is 22.4 Å². The highest BCUT2D eigenvalue weighted by Crippen LogP contribution is 2.23. The van der Waals surface area contributed by atoms with E-state index in [9.17, 15) is 10.0 Å². The van der Waals surface area contributed by atoms with Crippen LogP contribution < -0.4 is 5.46 Å². The predicted molar refractivity (Wildman–Crippen MR) is 84.9 cm³/mol. The molecule has 3 rings (SSSR count). The first-order valence-corrected chi connectivity index (χ1v) is 6.72. The molecule has 0 aliphatic heterocycles. The molecule has 0 saturated heterocycles. The molecule has 0 spiro atoms.